The van der Waals surface area contributed by atoms with Crippen molar-refractivity contribution in [1.82, 2.24) is 10.9 Å². The standard InChI is InChI=1S/C25H21N3O6S/c1-12(2)23(31)27-28-25(35)26-13-3-6-16(19(9-13)24(32)33)22-17-7-4-14(29)10-20(17)34-21-11-15(30)5-8-18(21)22/h3-11,17,20,29H,1H2,2H3,(H,27,31)(H,32,33)(H2,26,28,35). The number of anilines is 1. The first-order chi connectivity index (χ1) is 16.6. The molecule has 2 unspecified atom stereocenters. The summed E-state index contributed by atoms with van der Waals surface area (Å²) in [4.78, 5) is 35.8. The summed E-state index contributed by atoms with van der Waals surface area (Å²) in [5.74, 6) is -1.93. The lowest BCUT2D eigenvalue weighted by Gasteiger charge is -2.36. The molecule has 1 aromatic carbocycles. The second-order valence-corrected chi connectivity index (χ2v) is 8.42. The van der Waals surface area contributed by atoms with E-state index >= 15 is 0 Å². The number of carbonyl (C=O) groups is 3. The number of fused-ring (bicyclic) bond motifs is 2. The van der Waals surface area contributed by atoms with Gasteiger partial charge in [0.25, 0.3) is 5.91 Å². The summed E-state index contributed by atoms with van der Waals surface area (Å²) in [6, 6.07) is 4.71. The van der Waals surface area contributed by atoms with Crippen LogP contribution in [0.15, 0.2) is 83.9 Å². The van der Waals surface area contributed by atoms with Gasteiger partial charge in [-0.1, -0.05) is 18.7 Å². The molecule has 1 heterocycles. The van der Waals surface area contributed by atoms with Gasteiger partial charge in [0.05, 0.1) is 5.56 Å². The van der Waals surface area contributed by atoms with Crippen LogP contribution < -0.4 is 16.2 Å². The molecule has 2 atom stereocenters. The topological polar surface area (TPSA) is 137 Å². The molecule has 10 heteroatoms. The zero-order chi connectivity index (χ0) is 25.3. The summed E-state index contributed by atoms with van der Waals surface area (Å²) in [5.41, 5.74) is 7.21. The van der Waals surface area contributed by atoms with Gasteiger partial charge in [-0.25, -0.2) is 4.79 Å². The molecule has 0 saturated carbocycles. The first kappa shape index (κ1) is 23.7. The molecule has 35 heavy (non-hydrogen) atoms. The number of carboxylic acid groups (broad SMARTS) is 1. The largest absolute Gasteiger partial charge is 0.508 e. The van der Waals surface area contributed by atoms with Gasteiger partial charge in [0, 0.05) is 28.8 Å². The van der Waals surface area contributed by atoms with Crippen LogP contribution in [0.3, 0.4) is 0 Å². The molecule has 1 amide bonds. The number of benzene rings is 1. The monoisotopic (exact) mass is 491 g/mol. The number of amides is 1. The third-order valence-corrected chi connectivity index (χ3v) is 5.68. The van der Waals surface area contributed by atoms with Crippen molar-refractivity contribution in [2.45, 2.75) is 13.0 Å². The molecule has 4 rings (SSSR count). The Balaban J connectivity index is 1.72. The van der Waals surface area contributed by atoms with E-state index in [1.165, 1.54) is 30.4 Å². The lowest BCUT2D eigenvalue weighted by Crippen LogP contribution is -2.44. The van der Waals surface area contributed by atoms with E-state index in [0.29, 0.717) is 28.2 Å². The molecule has 5 N–H and O–H groups in total. The first-order valence-electron chi connectivity index (χ1n) is 10.5. The molecule has 0 spiro atoms. The molecule has 0 radical (unpaired) electrons. The highest BCUT2D eigenvalue weighted by Crippen LogP contribution is 2.45. The number of aliphatic hydroxyl groups excluding tert-OH is 1. The summed E-state index contributed by atoms with van der Waals surface area (Å²) in [7, 11) is 0. The lowest BCUT2D eigenvalue weighted by molar-refractivity contribution is -0.118. The Kier molecular flexibility index (Phi) is 6.39. The van der Waals surface area contributed by atoms with Gasteiger partial charge in [0.15, 0.2) is 10.9 Å². The van der Waals surface area contributed by atoms with Crippen molar-refractivity contribution >= 4 is 46.3 Å². The van der Waals surface area contributed by atoms with E-state index < -0.39 is 23.9 Å². The number of aromatic carboxylic acids is 1. The molecule has 9 nitrogen and oxygen atoms in total. The molecule has 2 aliphatic carbocycles. The molecule has 1 aliphatic heterocycles. The fraction of sp³-hybridized carbons (Fsp3) is 0.120. The van der Waals surface area contributed by atoms with Crippen molar-refractivity contribution in [3.63, 3.8) is 0 Å². The number of thiocarbonyl (C=S) groups is 1. The number of carboxylic acids is 1. The average molecular weight is 492 g/mol. The van der Waals surface area contributed by atoms with Crippen LogP contribution in [0.5, 0.6) is 0 Å². The van der Waals surface area contributed by atoms with E-state index in [9.17, 15) is 24.6 Å². The zero-order valence-corrected chi connectivity index (χ0v) is 19.3. The highest BCUT2D eigenvalue weighted by Gasteiger charge is 2.37. The second kappa shape index (κ2) is 9.43. The van der Waals surface area contributed by atoms with Crippen molar-refractivity contribution in [2.24, 2.45) is 5.92 Å². The van der Waals surface area contributed by atoms with E-state index in [2.05, 4.69) is 22.7 Å². The van der Waals surface area contributed by atoms with Crippen molar-refractivity contribution in [3.05, 3.63) is 95.0 Å². The summed E-state index contributed by atoms with van der Waals surface area (Å²) in [6.45, 7) is 5.06. The lowest BCUT2D eigenvalue weighted by atomic mass is 9.77. The molecule has 0 fully saturated rings. The van der Waals surface area contributed by atoms with Gasteiger partial charge in [-0.2, -0.15) is 0 Å². The van der Waals surface area contributed by atoms with E-state index in [4.69, 9.17) is 17.0 Å². The van der Waals surface area contributed by atoms with Gasteiger partial charge in [-0.15, -0.1) is 0 Å². The van der Waals surface area contributed by atoms with Crippen LogP contribution in [0, 0.1) is 5.92 Å². The number of hydrogen-bond acceptors (Lipinski definition) is 6. The minimum atomic E-state index is -1.17. The molecular formula is C25H21N3O6S. The van der Waals surface area contributed by atoms with Gasteiger partial charge in [-0.3, -0.25) is 20.4 Å². The number of rotatable bonds is 4. The van der Waals surface area contributed by atoms with Crippen molar-refractivity contribution < 1.29 is 29.3 Å². The molecule has 3 aliphatic rings. The van der Waals surface area contributed by atoms with E-state index in [-0.39, 0.29) is 27.8 Å². The fourth-order valence-electron chi connectivity index (χ4n) is 3.90. The Morgan fingerprint density at radius 2 is 1.94 bits per heavy atom. The Bertz CT molecular complexity index is 1330. The zero-order valence-electron chi connectivity index (χ0n) is 18.5. The van der Waals surface area contributed by atoms with Gasteiger partial charge >= 0.3 is 5.97 Å². The maximum Gasteiger partial charge on any atom is 0.336 e. The number of hydrogen-bond donors (Lipinski definition) is 5. The van der Waals surface area contributed by atoms with Crippen LogP contribution in [0.4, 0.5) is 5.69 Å². The molecule has 178 valence electrons. The van der Waals surface area contributed by atoms with Crippen molar-refractivity contribution in [1.29, 1.82) is 0 Å². The summed E-state index contributed by atoms with van der Waals surface area (Å²) < 4.78 is 5.94. The van der Waals surface area contributed by atoms with E-state index in [1.807, 2.05) is 0 Å². The SMILES string of the molecule is C=C(C)C(=O)NNC(=S)Nc1ccc(C2=C3C=CC(=O)C=C3OC3C=C(O)C=CC23)c(C(=O)O)c1. The van der Waals surface area contributed by atoms with Gasteiger partial charge in [0.1, 0.15) is 17.6 Å². The number of aliphatic hydroxyl groups is 1. The van der Waals surface area contributed by atoms with Crippen molar-refractivity contribution in [3.8, 4) is 0 Å². The highest BCUT2D eigenvalue weighted by atomic mass is 32.1. The number of carbonyl (C=O) groups excluding carboxylic acids is 2. The Labute approximate surface area is 205 Å². The van der Waals surface area contributed by atoms with Crippen LogP contribution in [0.25, 0.3) is 5.57 Å². The summed E-state index contributed by atoms with van der Waals surface area (Å²) >= 11 is 5.15. The number of ether oxygens (including phenoxy) is 1. The summed E-state index contributed by atoms with van der Waals surface area (Å²) in [5, 5.41) is 22.8. The van der Waals surface area contributed by atoms with Gasteiger partial charge in [-0.05, 0) is 66.7 Å². The molecule has 0 aromatic heterocycles. The van der Waals surface area contributed by atoms with E-state index in [1.54, 1.807) is 31.2 Å². The average Bonchev–Trinajstić information content (AvgIpc) is 2.80. The predicted octanol–water partition coefficient (Wildman–Crippen LogP) is 3.08. The Hall–Kier alpha value is -4.44. The Morgan fingerprint density at radius 1 is 1.17 bits per heavy atom. The fourth-order valence-corrected chi connectivity index (χ4v) is 4.07. The molecule has 0 saturated heterocycles. The van der Waals surface area contributed by atoms with E-state index in [0.717, 1.165) is 0 Å². The number of hydrazine groups is 1. The van der Waals surface area contributed by atoms with Gasteiger partial charge < -0.3 is 20.3 Å². The maximum absolute atomic E-state index is 12.3. The summed E-state index contributed by atoms with van der Waals surface area (Å²) in [6.07, 6.45) is 8.51. The normalized spacial score (nSPS) is 20.0. The van der Waals surface area contributed by atoms with Crippen molar-refractivity contribution in [2.75, 3.05) is 5.32 Å². The first-order valence-corrected chi connectivity index (χ1v) is 10.9. The van der Waals surface area contributed by atoms with Crippen LogP contribution in [0.2, 0.25) is 0 Å². The number of allylic oxidation sites excluding steroid dienone is 4. The number of nitrogens with one attached hydrogen (secondary N) is 3. The van der Waals surface area contributed by atoms with Crippen LogP contribution in [-0.2, 0) is 14.3 Å². The predicted molar refractivity (Wildman–Crippen MR) is 133 cm³/mol. The smallest absolute Gasteiger partial charge is 0.336 e. The van der Waals surface area contributed by atoms with Crippen LogP contribution in [-0.4, -0.2) is 39.1 Å². The number of ketones is 1. The second-order valence-electron chi connectivity index (χ2n) is 8.01. The quantitative estimate of drug-likeness (QED) is 0.244. The van der Waals surface area contributed by atoms with Gasteiger partial charge in [0.2, 0.25) is 0 Å². The van der Waals surface area contributed by atoms with Crippen LogP contribution in [0.1, 0.15) is 22.8 Å². The maximum atomic E-state index is 12.3. The minimum absolute atomic E-state index is 0.0104. The Morgan fingerprint density at radius 3 is 2.66 bits per heavy atom. The highest BCUT2D eigenvalue weighted by molar-refractivity contribution is 7.80. The third kappa shape index (κ3) is 4.92. The molecule has 0 bridgehead atoms. The van der Waals surface area contributed by atoms with Crippen LogP contribution >= 0.6 is 12.2 Å². The molecular weight excluding hydrogens is 470 g/mol. The third-order valence-electron chi connectivity index (χ3n) is 5.48. The minimum Gasteiger partial charge on any atom is -0.508 e. The molecule has 1 aromatic rings.